The van der Waals surface area contributed by atoms with Gasteiger partial charge in [0.25, 0.3) is 0 Å². The molecule has 0 aliphatic carbocycles. The maximum atomic E-state index is 9.85. The number of carbonyl (C=O) groups is 5. The van der Waals surface area contributed by atoms with Gasteiger partial charge in [0.15, 0.2) is 0 Å². The molecule has 0 rings (SSSR count). The molecule has 11 N–H and O–H groups in total. The highest BCUT2D eigenvalue weighted by molar-refractivity contribution is 5.80. The molecule has 0 radical (unpaired) electrons. The second-order valence-corrected chi connectivity index (χ2v) is 4.21. The summed E-state index contributed by atoms with van der Waals surface area (Å²) in [4.78, 5) is 48.8. The normalized spacial score (nSPS) is 12.8. The summed E-state index contributed by atoms with van der Waals surface area (Å²) in [5.41, 5.74) is 14.5. The largest absolute Gasteiger partial charge is 0.481 e. The molecule has 0 aromatic heterocycles. The Bertz CT molecular complexity index is 419. The molecule has 0 aliphatic rings. The summed E-state index contributed by atoms with van der Waals surface area (Å²) in [6, 6.07) is -3.31. The lowest BCUT2D eigenvalue weighted by molar-refractivity contribution is -0.144. The number of carboxylic acid groups (broad SMARTS) is 5. The van der Waals surface area contributed by atoms with Crippen molar-refractivity contribution >= 4 is 29.8 Å². The molecule has 140 valence electrons. The quantitative estimate of drug-likeness (QED) is 0.229. The average Bonchev–Trinajstić information content (AvgIpc) is 2.38. The first-order chi connectivity index (χ1) is 10.7. The number of aliphatic carboxylic acids is 5. The van der Waals surface area contributed by atoms with E-state index in [1.54, 1.807) is 0 Å². The van der Waals surface area contributed by atoms with Crippen molar-refractivity contribution in [2.24, 2.45) is 17.2 Å². The third-order valence-electron chi connectivity index (χ3n) is 1.81. The van der Waals surface area contributed by atoms with Gasteiger partial charge in [-0.2, -0.15) is 0 Å². The number of nitrogens with two attached hydrogens (primary N) is 3. The van der Waals surface area contributed by atoms with Crippen LogP contribution in [0.2, 0.25) is 0 Å². The molecule has 0 aromatic carbocycles. The monoisotopic (exact) mass is 355 g/mol. The molecule has 3 unspecified atom stereocenters. The first-order valence-corrected chi connectivity index (χ1v) is 6.11. The summed E-state index contributed by atoms with van der Waals surface area (Å²) < 4.78 is 0. The van der Waals surface area contributed by atoms with Crippen LogP contribution in [0, 0.1) is 0 Å². The zero-order valence-electron chi connectivity index (χ0n) is 12.7. The second kappa shape index (κ2) is 13.9. The van der Waals surface area contributed by atoms with Crippen molar-refractivity contribution in [2.45, 2.75) is 37.9 Å². The highest BCUT2D eigenvalue weighted by Gasteiger charge is 2.15. The van der Waals surface area contributed by atoms with Gasteiger partial charge in [-0.3, -0.25) is 24.0 Å². The molecule has 3 atom stereocenters. The molecule has 0 saturated heterocycles. The van der Waals surface area contributed by atoms with Gasteiger partial charge in [-0.15, -0.1) is 0 Å². The summed E-state index contributed by atoms with van der Waals surface area (Å²) in [5.74, 6) is -5.96. The Morgan fingerprint density at radius 3 is 0.917 bits per heavy atom. The third kappa shape index (κ3) is 21.5. The minimum absolute atomic E-state index is 0.532. The first kappa shape index (κ1) is 26.1. The van der Waals surface area contributed by atoms with Crippen molar-refractivity contribution in [3.05, 3.63) is 0 Å². The highest BCUT2D eigenvalue weighted by atomic mass is 16.4. The minimum Gasteiger partial charge on any atom is -0.481 e. The third-order valence-corrected chi connectivity index (χ3v) is 1.81. The Labute approximate surface area is 135 Å². The van der Waals surface area contributed by atoms with E-state index in [2.05, 4.69) is 0 Å². The lowest BCUT2D eigenvalue weighted by Gasteiger charge is -1.99. The topological polar surface area (TPSA) is 265 Å². The van der Waals surface area contributed by atoms with Crippen LogP contribution >= 0.6 is 0 Å². The minimum atomic E-state index is -1.29. The smallest absolute Gasteiger partial charge is 0.321 e. The van der Waals surface area contributed by atoms with Gasteiger partial charge in [-0.1, -0.05) is 0 Å². The Morgan fingerprint density at radius 2 is 0.875 bits per heavy atom. The fourth-order valence-electron chi connectivity index (χ4n) is 0.551. The fraction of sp³-hybridized carbons (Fsp3) is 0.545. The van der Waals surface area contributed by atoms with Gasteiger partial charge in [0.1, 0.15) is 18.1 Å². The van der Waals surface area contributed by atoms with Crippen LogP contribution in [0.3, 0.4) is 0 Å². The van der Waals surface area contributed by atoms with E-state index in [0.717, 1.165) is 0 Å². The summed E-state index contributed by atoms with van der Waals surface area (Å²) in [7, 11) is 0. The van der Waals surface area contributed by atoms with Crippen molar-refractivity contribution in [3.8, 4) is 0 Å². The molecule has 13 nitrogen and oxygen atoms in total. The van der Waals surface area contributed by atoms with E-state index in [1.165, 1.54) is 6.92 Å². The molecule has 0 aliphatic heterocycles. The van der Waals surface area contributed by atoms with Crippen LogP contribution in [0.1, 0.15) is 19.8 Å². The van der Waals surface area contributed by atoms with Gasteiger partial charge < -0.3 is 42.7 Å². The van der Waals surface area contributed by atoms with Crippen LogP contribution in [0.25, 0.3) is 0 Å². The van der Waals surface area contributed by atoms with Gasteiger partial charge in [-0.25, -0.2) is 0 Å². The fourth-order valence-corrected chi connectivity index (χ4v) is 0.551. The van der Waals surface area contributed by atoms with Crippen molar-refractivity contribution in [3.63, 3.8) is 0 Å². The van der Waals surface area contributed by atoms with Crippen LogP contribution < -0.4 is 17.2 Å². The average molecular weight is 355 g/mol. The van der Waals surface area contributed by atoms with Gasteiger partial charge in [0.05, 0.1) is 12.8 Å². The molecule has 0 bridgehead atoms. The molecular weight excluding hydrogens is 334 g/mol. The van der Waals surface area contributed by atoms with Crippen LogP contribution in [0.4, 0.5) is 0 Å². The number of hydrogen-bond acceptors (Lipinski definition) is 8. The summed E-state index contributed by atoms with van der Waals surface area (Å²) >= 11 is 0. The van der Waals surface area contributed by atoms with Gasteiger partial charge >= 0.3 is 29.8 Å². The van der Waals surface area contributed by atoms with E-state index in [9.17, 15) is 24.0 Å². The molecule has 0 heterocycles. The molecule has 0 saturated carbocycles. The lowest BCUT2D eigenvalue weighted by Crippen LogP contribution is -2.32. The van der Waals surface area contributed by atoms with Gasteiger partial charge in [0.2, 0.25) is 0 Å². The zero-order chi connectivity index (χ0) is 20.0. The summed E-state index contributed by atoms with van der Waals surface area (Å²) in [5, 5.41) is 39.9. The number of rotatable bonds is 7. The maximum absolute atomic E-state index is 9.85. The van der Waals surface area contributed by atoms with E-state index in [4.69, 9.17) is 42.7 Å². The highest BCUT2D eigenvalue weighted by Crippen LogP contribution is 1.86. The van der Waals surface area contributed by atoms with Crippen LogP contribution in [0.5, 0.6) is 0 Å². The lowest BCUT2D eigenvalue weighted by atomic mass is 10.2. The number of carboxylic acids is 5. The van der Waals surface area contributed by atoms with E-state index in [-0.39, 0.29) is 0 Å². The van der Waals surface area contributed by atoms with E-state index < -0.39 is 60.8 Å². The molecule has 13 heteroatoms. The van der Waals surface area contributed by atoms with Crippen molar-refractivity contribution in [2.75, 3.05) is 0 Å². The number of hydrogen-bond donors (Lipinski definition) is 8. The molecule has 24 heavy (non-hydrogen) atoms. The van der Waals surface area contributed by atoms with Crippen molar-refractivity contribution < 1.29 is 49.5 Å². The molecule has 0 fully saturated rings. The summed E-state index contributed by atoms with van der Waals surface area (Å²) in [6.45, 7) is 1.42. The molecule has 0 aromatic rings. The Morgan fingerprint density at radius 1 is 0.667 bits per heavy atom. The molecular formula is C11H21N3O10. The predicted molar refractivity (Wildman–Crippen MR) is 77.0 cm³/mol. The second-order valence-electron chi connectivity index (χ2n) is 4.21. The zero-order valence-corrected chi connectivity index (χ0v) is 12.7. The van der Waals surface area contributed by atoms with Crippen LogP contribution in [-0.2, 0) is 24.0 Å². The Balaban J connectivity index is -0.000000282. The van der Waals surface area contributed by atoms with E-state index in [0.29, 0.717) is 0 Å². The Hall–Kier alpha value is -2.77. The summed E-state index contributed by atoms with van der Waals surface area (Å²) in [6.07, 6.45) is -1.06. The van der Waals surface area contributed by atoms with Gasteiger partial charge in [-0.05, 0) is 6.92 Å². The predicted octanol–water partition coefficient (Wildman–Crippen LogP) is -2.84. The molecule has 0 amide bonds. The first-order valence-electron chi connectivity index (χ1n) is 6.11. The standard InChI is InChI=1S/2C4H7NO4.C3H7NO2/c2*5-2(4(8)9)1-3(6)7;1-2(4)3(5)6/h2*2H,1,5H2,(H,6,7)(H,8,9);2H,4H2,1H3,(H,5,6). The Kier molecular flexibility index (Phi) is 15.1. The van der Waals surface area contributed by atoms with Crippen molar-refractivity contribution in [1.29, 1.82) is 0 Å². The maximum Gasteiger partial charge on any atom is 0.321 e. The van der Waals surface area contributed by atoms with Crippen molar-refractivity contribution in [1.82, 2.24) is 0 Å². The van der Waals surface area contributed by atoms with Gasteiger partial charge in [0, 0.05) is 0 Å². The van der Waals surface area contributed by atoms with Crippen LogP contribution in [0.15, 0.2) is 0 Å². The van der Waals surface area contributed by atoms with Crippen LogP contribution in [-0.4, -0.2) is 73.5 Å². The SMILES string of the molecule is CC(N)C(=O)O.NC(CC(=O)O)C(=O)O.NC(CC(=O)O)C(=O)O. The molecule has 0 spiro atoms. The van der Waals surface area contributed by atoms with E-state index in [1.807, 2.05) is 0 Å². The van der Waals surface area contributed by atoms with E-state index >= 15 is 0 Å².